The first-order valence-corrected chi connectivity index (χ1v) is 10.4. The fourth-order valence-corrected chi connectivity index (χ4v) is 4.10. The van der Waals surface area contributed by atoms with Crippen LogP contribution in [0.15, 0.2) is 35.5 Å². The number of nitrogens with zero attached hydrogens (tertiary/aromatic N) is 3. The normalized spacial score (nSPS) is 11.5. The van der Waals surface area contributed by atoms with Crippen molar-refractivity contribution in [3.05, 3.63) is 41.2 Å². The minimum absolute atomic E-state index is 0.0382. The van der Waals surface area contributed by atoms with Gasteiger partial charge in [0.1, 0.15) is 0 Å². The van der Waals surface area contributed by atoms with Gasteiger partial charge in [0.2, 0.25) is 24.1 Å². The van der Waals surface area contributed by atoms with Crippen molar-refractivity contribution in [2.45, 2.75) is 24.7 Å². The zero-order valence-electron chi connectivity index (χ0n) is 17.4. The zero-order valence-corrected chi connectivity index (χ0v) is 18.9. The first-order chi connectivity index (χ1) is 14.9. The highest BCUT2D eigenvalue weighted by molar-refractivity contribution is 8.00. The van der Waals surface area contributed by atoms with Crippen molar-refractivity contribution in [2.24, 2.45) is 0 Å². The highest BCUT2D eigenvalue weighted by Crippen LogP contribution is 2.38. The van der Waals surface area contributed by atoms with Gasteiger partial charge in [-0.3, -0.25) is 4.72 Å². The van der Waals surface area contributed by atoms with Gasteiger partial charge in [-0.25, -0.2) is 8.78 Å². The number of halogens is 3. The van der Waals surface area contributed by atoms with Crippen LogP contribution in [0, 0.1) is 0 Å². The Morgan fingerprint density at radius 3 is 2.52 bits per heavy atom. The van der Waals surface area contributed by atoms with Crippen molar-refractivity contribution in [3.8, 4) is 11.8 Å². The summed E-state index contributed by atoms with van der Waals surface area (Å²) in [6.07, 6.45) is 2.54. The lowest BCUT2D eigenvalue weighted by atomic mass is 10.2. The largest absolute Gasteiger partial charge is 0.481 e. The number of aromatic nitrogens is 3. The van der Waals surface area contributed by atoms with Crippen molar-refractivity contribution in [2.75, 3.05) is 30.9 Å². The third kappa shape index (κ3) is 4.96. The molecule has 166 valence electrons. The van der Waals surface area contributed by atoms with Gasteiger partial charge in [0.25, 0.3) is 0 Å². The van der Waals surface area contributed by atoms with E-state index in [2.05, 4.69) is 19.7 Å². The number of alkyl halides is 2. The van der Waals surface area contributed by atoms with Crippen LogP contribution in [-0.4, -0.2) is 42.6 Å². The summed E-state index contributed by atoms with van der Waals surface area (Å²) in [5, 5.41) is 1.56. The number of aromatic amines is 1. The van der Waals surface area contributed by atoms with Crippen LogP contribution < -0.4 is 19.1 Å². The molecule has 0 spiro atoms. The quantitative estimate of drug-likeness (QED) is 0.399. The summed E-state index contributed by atoms with van der Waals surface area (Å²) in [4.78, 5) is 14.4. The second-order valence-electron chi connectivity index (χ2n) is 6.41. The lowest BCUT2D eigenvalue weighted by Gasteiger charge is -2.17. The molecule has 0 aliphatic rings. The molecule has 0 bridgehead atoms. The Morgan fingerprint density at radius 1 is 1.26 bits per heavy atom. The maximum absolute atomic E-state index is 12.9. The van der Waals surface area contributed by atoms with E-state index in [0.29, 0.717) is 5.02 Å². The van der Waals surface area contributed by atoms with Crippen LogP contribution in [0.1, 0.15) is 12.5 Å². The molecular weight excluding hydrogens is 448 g/mol. The predicted molar refractivity (Wildman–Crippen MR) is 121 cm³/mol. The number of hydrogen-bond donors (Lipinski definition) is 2. The highest BCUT2D eigenvalue weighted by Gasteiger charge is 2.20. The van der Waals surface area contributed by atoms with E-state index in [4.69, 9.17) is 21.1 Å². The molecular formula is C20H22ClF2N5O2S. The number of ether oxygens (including phenoxy) is 2. The molecule has 0 amide bonds. The van der Waals surface area contributed by atoms with Crippen molar-refractivity contribution >= 4 is 46.1 Å². The first kappa shape index (κ1) is 23.0. The second kappa shape index (κ2) is 10.1. The summed E-state index contributed by atoms with van der Waals surface area (Å²) in [5.41, 5.74) is 1.84. The van der Waals surface area contributed by atoms with Crippen LogP contribution in [0.25, 0.3) is 10.9 Å². The van der Waals surface area contributed by atoms with Gasteiger partial charge in [-0.1, -0.05) is 23.7 Å². The number of H-pyrrole nitrogens is 1. The Bertz CT molecular complexity index is 1070. The van der Waals surface area contributed by atoms with Crippen molar-refractivity contribution in [1.82, 2.24) is 15.0 Å². The lowest BCUT2D eigenvalue weighted by molar-refractivity contribution is 0.146. The molecule has 0 fully saturated rings. The zero-order chi connectivity index (χ0) is 22.5. The molecule has 0 radical (unpaired) electrons. The van der Waals surface area contributed by atoms with E-state index in [9.17, 15) is 8.78 Å². The molecule has 2 heterocycles. The van der Waals surface area contributed by atoms with Crippen LogP contribution in [0.2, 0.25) is 5.02 Å². The molecule has 0 unspecified atom stereocenters. The average molecular weight is 470 g/mol. The van der Waals surface area contributed by atoms with E-state index in [1.54, 1.807) is 0 Å². The standard InChI is InChI=1S/C20H22ClF2N5O2S/c1-5-8-28(2)17-13(21)7-6-11-14(10-24-16(11)17)31-27-20-25-18(29-3)12(9-15(22)23)19(26-20)30-4/h5-8,10,15,24H,9H2,1-4H3,(H,25,26,27)/b8-5-. The van der Waals surface area contributed by atoms with Crippen molar-refractivity contribution < 1.29 is 18.3 Å². The van der Waals surface area contributed by atoms with E-state index in [-0.39, 0.29) is 23.3 Å². The van der Waals surface area contributed by atoms with Gasteiger partial charge in [-0.15, -0.1) is 0 Å². The monoisotopic (exact) mass is 469 g/mol. The number of nitrogens with one attached hydrogen (secondary N) is 2. The van der Waals surface area contributed by atoms with Crippen molar-refractivity contribution in [3.63, 3.8) is 0 Å². The third-order valence-corrected chi connectivity index (χ3v) is 5.54. The minimum atomic E-state index is -2.58. The Balaban J connectivity index is 1.90. The third-order valence-electron chi connectivity index (χ3n) is 4.40. The Kier molecular flexibility index (Phi) is 7.45. The number of anilines is 2. The molecule has 3 aromatic rings. The number of hydrogen-bond acceptors (Lipinski definition) is 7. The van der Waals surface area contributed by atoms with E-state index in [1.165, 1.54) is 26.2 Å². The Hall–Kier alpha value is -2.72. The number of benzene rings is 1. The van der Waals surface area contributed by atoms with Crippen molar-refractivity contribution in [1.29, 1.82) is 0 Å². The van der Waals surface area contributed by atoms with Gasteiger partial charge < -0.3 is 19.4 Å². The molecule has 11 heteroatoms. The Labute approximate surface area is 187 Å². The van der Waals surface area contributed by atoms with Crippen LogP contribution in [0.4, 0.5) is 20.4 Å². The SMILES string of the molecule is C/C=C\N(C)c1c(Cl)ccc2c(SNc3nc(OC)c(CC(F)F)c(OC)n3)c[nH]c12. The lowest BCUT2D eigenvalue weighted by Crippen LogP contribution is -2.08. The summed E-state index contributed by atoms with van der Waals surface area (Å²) in [6, 6.07) is 3.75. The highest BCUT2D eigenvalue weighted by atomic mass is 35.5. The van der Waals surface area contributed by atoms with Gasteiger partial charge >= 0.3 is 0 Å². The smallest absolute Gasteiger partial charge is 0.243 e. The fourth-order valence-electron chi connectivity index (χ4n) is 3.12. The summed E-state index contributed by atoms with van der Waals surface area (Å²) in [7, 11) is 4.64. The van der Waals surface area contributed by atoms with Gasteiger partial charge in [0, 0.05) is 25.1 Å². The van der Waals surface area contributed by atoms with E-state index < -0.39 is 12.8 Å². The summed E-state index contributed by atoms with van der Waals surface area (Å²) < 4.78 is 39.2. The molecule has 2 aromatic heterocycles. The topological polar surface area (TPSA) is 75.3 Å². The number of methoxy groups -OCH3 is 2. The number of rotatable bonds is 9. The Morgan fingerprint density at radius 2 is 1.94 bits per heavy atom. The molecule has 7 nitrogen and oxygen atoms in total. The molecule has 31 heavy (non-hydrogen) atoms. The predicted octanol–water partition coefficient (Wildman–Crippen LogP) is 5.53. The maximum atomic E-state index is 12.9. The molecule has 0 atom stereocenters. The summed E-state index contributed by atoms with van der Waals surface area (Å²) in [6.45, 7) is 1.93. The summed E-state index contributed by atoms with van der Waals surface area (Å²) >= 11 is 7.68. The van der Waals surface area contributed by atoms with Crippen LogP contribution >= 0.6 is 23.5 Å². The fraction of sp³-hybridized carbons (Fsp3) is 0.300. The molecule has 0 aliphatic carbocycles. The van der Waals surface area contributed by atoms with E-state index in [1.807, 2.05) is 49.5 Å². The molecule has 0 aliphatic heterocycles. The second-order valence-corrected chi connectivity index (χ2v) is 7.66. The summed E-state index contributed by atoms with van der Waals surface area (Å²) in [5.74, 6) is 0.249. The number of allylic oxidation sites excluding steroid dienone is 1. The first-order valence-electron chi connectivity index (χ1n) is 9.24. The maximum Gasteiger partial charge on any atom is 0.243 e. The number of fused-ring (bicyclic) bond motifs is 1. The van der Waals surface area contributed by atoms with Crippen LogP contribution in [0.5, 0.6) is 11.8 Å². The molecule has 3 rings (SSSR count). The van der Waals surface area contributed by atoms with Crippen LogP contribution in [-0.2, 0) is 6.42 Å². The van der Waals surface area contributed by atoms with Gasteiger partial charge in [-0.05, 0) is 31.1 Å². The molecule has 0 saturated heterocycles. The average Bonchev–Trinajstić information content (AvgIpc) is 3.15. The molecule has 2 N–H and O–H groups in total. The van der Waals surface area contributed by atoms with Gasteiger partial charge in [0.15, 0.2) is 0 Å². The van der Waals surface area contributed by atoms with E-state index >= 15 is 0 Å². The van der Waals surface area contributed by atoms with E-state index in [0.717, 1.165) is 21.5 Å². The minimum Gasteiger partial charge on any atom is -0.481 e. The molecule has 1 aromatic carbocycles. The van der Waals surface area contributed by atoms with Gasteiger partial charge in [0.05, 0.1) is 40.9 Å². The van der Waals surface area contributed by atoms with Gasteiger partial charge in [-0.2, -0.15) is 9.97 Å². The molecule has 0 saturated carbocycles. The van der Waals surface area contributed by atoms with Crippen LogP contribution in [0.3, 0.4) is 0 Å².